The van der Waals surface area contributed by atoms with Crippen molar-refractivity contribution in [2.75, 3.05) is 0 Å². The Morgan fingerprint density at radius 2 is 1.91 bits per heavy atom. The molecule has 35 heavy (non-hydrogen) atoms. The molecule has 0 amide bonds. The van der Waals surface area contributed by atoms with E-state index in [1.807, 2.05) is 13.8 Å². The number of aliphatic hydroxyl groups excluding tert-OH is 1. The van der Waals surface area contributed by atoms with Crippen molar-refractivity contribution < 1.29 is 19.0 Å². The highest BCUT2D eigenvalue weighted by atomic mass is 19.1. The molecule has 1 aliphatic rings. The summed E-state index contributed by atoms with van der Waals surface area (Å²) in [5.41, 5.74) is 1.62. The fraction of sp³-hybridized carbons (Fsp3) is 0.385. The summed E-state index contributed by atoms with van der Waals surface area (Å²) in [5, 5.41) is 10.2. The summed E-state index contributed by atoms with van der Waals surface area (Å²) in [6.07, 6.45) is 2.16. The predicted molar refractivity (Wildman–Crippen MR) is 131 cm³/mol. The van der Waals surface area contributed by atoms with Crippen LogP contribution in [0, 0.1) is 5.82 Å². The average molecular weight is 482 g/mol. The lowest BCUT2D eigenvalue weighted by Crippen LogP contribution is -2.38. The summed E-state index contributed by atoms with van der Waals surface area (Å²) < 4.78 is 21.6. The molecule has 1 N–H and O–H groups in total. The summed E-state index contributed by atoms with van der Waals surface area (Å²) in [5.74, 6) is -1.00. The highest BCUT2D eigenvalue weighted by Gasteiger charge is 2.27. The van der Waals surface area contributed by atoms with Crippen molar-refractivity contribution in [1.29, 1.82) is 0 Å². The maximum atomic E-state index is 13.8. The summed E-state index contributed by atoms with van der Waals surface area (Å²) in [7, 11) is 1.42. The highest BCUT2D eigenvalue weighted by Crippen LogP contribution is 2.35. The van der Waals surface area contributed by atoms with Gasteiger partial charge in [0.15, 0.2) is 5.65 Å². The number of hydrogen-bond donors (Lipinski definition) is 1. The van der Waals surface area contributed by atoms with Crippen molar-refractivity contribution >= 4 is 23.1 Å². The first-order valence-corrected chi connectivity index (χ1v) is 11.6. The van der Waals surface area contributed by atoms with Crippen LogP contribution < -0.4 is 11.2 Å². The van der Waals surface area contributed by atoms with Gasteiger partial charge < -0.3 is 9.84 Å². The zero-order valence-electron chi connectivity index (χ0n) is 20.1. The van der Waals surface area contributed by atoms with E-state index in [2.05, 4.69) is 0 Å². The third-order valence-corrected chi connectivity index (χ3v) is 6.20. The van der Waals surface area contributed by atoms with E-state index in [9.17, 15) is 23.9 Å². The van der Waals surface area contributed by atoms with E-state index in [1.165, 1.54) is 23.7 Å². The Bertz CT molecular complexity index is 1440. The topological polar surface area (TPSA) is 103 Å². The van der Waals surface area contributed by atoms with E-state index >= 15 is 0 Å². The third-order valence-electron chi connectivity index (χ3n) is 6.20. The second-order valence-corrected chi connectivity index (χ2v) is 9.02. The van der Waals surface area contributed by atoms with Crippen molar-refractivity contribution in [2.24, 2.45) is 7.05 Å². The van der Waals surface area contributed by atoms with E-state index in [0.29, 0.717) is 28.9 Å². The fourth-order valence-corrected chi connectivity index (χ4v) is 4.47. The van der Waals surface area contributed by atoms with Gasteiger partial charge in [-0.05, 0) is 36.6 Å². The standard InChI is InChI=1S/C26H28FN3O5/c1-5-30-24-22(25(33)29(4)26(30)34)21(15-6-8-16(27)9-7-15)19(23(28-24)14(2)3)11-10-18-12-17(31)13-20(32)35-18/h6-11,14,17-18,31H,5,12-13H2,1-4H3. The summed E-state index contributed by atoms with van der Waals surface area (Å²) in [6, 6.07) is 5.78. The van der Waals surface area contributed by atoms with Gasteiger partial charge in [-0.25, -0.2) is 14.2 Å². The van der Waals surface area contributed by atoms with Crippen LogP contribution >= 0.6 is 0 Å². The van der Waals surface area contributed by atoms with Crippen LogP contribution in [0.15, 0.2) is 39.9 Å². The van der Waals surface area contributed by atoms with Gasteiger partial charge in [-0.15, -0.1) is 0 Å². The number of aryl methyl sites for hydroxylation is 1. The first-order valence-electron chi connectivity index (χ1n) is 11.6. The second-order valence-electron chi connectivity index (χ2n) is 9.02. The van der Waals surface area contributed by atoms with Crippen molar-refractivity contribution in [3.63, 3.8) is 0 Å². The predicted octanol–water partition coefficient (Wildman–Crippen LogP) is 3.12. The molecule has 0 radical (unpaired) electrons. The lowest BCUT2D eigenvalue weighted by Gasteiger charge is -2.24. The van der Waals surface area contributed by atoms with Crippen LogP contribution in [0.25, 0.3) is 28.2 Å². The molecule has 2 atom stereocenters. The maximum Gasteiger partial charge on any atom is 0.332 e. The van der Waals surface area contributed by atoms with E-state index in [1.54, 1.807) is 31.2 Å². The molecule has 2 unspecified atom stereocenters. The van der Waals surface area contributed by atoms with E-state index in [4.69, 9.17) is 9.72 Å². The van der Waals surface area contributed by atoms with Crippen LogP contribution in [0.5, 0.6) is 0 Å². The molecule has 3 heterocycles. The van der Waals surface area contributed by atoms with Gasteiger partial charge in [0.2, 0.25) is 0 Å². The van der Waals surface area contributed by atoms with Gasteiger partial charge in [0.25, 0.3) is 5.56 Å². The van der Waals surface area contributed by atoms with E-state index in [0.717, 1.165) is 4.57 Å². The van der Waals surface area contributed by atoms with E-state index < -0.39 is 35.2 Å². The molecule has 184 valence electrons. The maximum absolute atomic E-state index is 13.8. The van der Waals surface area contributed by atoms with Gasteiger partial charge in [0.1, 0.15) is 11.9 Å². The molecule has 2 aromatic heterocycles. The number of rotatable bonds is 5. The number of carbonyl (C=O) groups excluding carboxylic acids is 1. The van der Waals surface area contributed by atoms with Crippen molar-refractivity contribution in [2.45, 2.75) is 58.3 Å². The van der Waals surface area contributed by atoms with Gasteiger partial charge in [-0.3, -0.25) is 18.7 Å². The monoisotopic (exact) mass is 481 g/mol. The number of fused-ring (bicyclic) bond motifs is 1. The van der Waals surface area contributed by atoms with Crippen LogP contribution in [0.1, 0.15) is 50.8 Å². The van der Waals surface area contributed by atoms with Crippen LogP contribution in [0.3, 0.4) is 0 Å². The number of benzene rings is 1. The Morgan fingerprint density at radius 1 is 1.23 bits per heavy atom. The zero-order valence-corrected chi connectivity index (χ0v) is 20.1. The number of halogens is 1. The number of hydrogen-bond acceptors (Lipinski definition) is 6. The van der Waals surface area contributed by atoms with Gasteiger partial charge in [0, 0.05) is 31.1 Å². The van der Waals surface area contributed by atoms with Crippen molar-refractivity contribution in [1.82, 2.24) is 14.1 Å². The molecule has 0 aliphatic carbocycles. The lowest BCUT2D eigenvalue weighted by molar-refractivity contribution is -0.156. The molecule has 8 nitrogen and oxygen atoms in total. The molecule has 1 fully saturated rings. The largest absolute Gasteiger partial charge is 0.458 e. The summed E-state index contributed by atoms with van der Waals surface area (Å²) >= 11 is 0. The summed E-state index contributed by atoms with van der Waals surface area (Å²) in [4.78, 5) is 42.8. The van der Waals surface area contributed by atoms with E-state index in [-0.39, 0.29) is 29.8 Å². The first-order chi connectivity index (χ1) is 16.6. The minimum atomic E-state index is -0.798. The van der Waals surface area contributed by atoms with Gasteiger partial charge in [-0.2, -0.15) is 0 Å². The fourth-order valence-electron chi connectivity index (χ4n) is 4.47. The molecule has 0 saturated carbocycles. The number of carbonyl (C=O) groups is 1. The first kappa shape index (κ1) is 24.5. The van der Waals surface area contributed by atoms with Crippen LogP contribution in [0.4, 0.5) is 4.39 Å². The quantitative estimate of drug-likeness (QED) is 0.562. The van der Waals surface area contributed by atoms with Gasteiger partial charge in [0.05, 0.1) is 23.6 Å². The smallest absolute Gasteiger partial charge is 0.332 e. The molecule has 3 aromatic rings. The molecule has 1 aromatic carbocycles. The Balaban J connectivity index is 2.10. The Kier molecular flexibility index (Phi) is 6.71. The summed E-state index contributed by atoms with van der Waals surface area (Å²) in [6.45, 7) is 6.00. The number of ether oxygens (including phenoxy) is 1. The number of esters is 1. The third kappa shape index (κ3) is 4.55. The zero-order chi connectivity index (χ0) is 25.4. The molecule has 1 saturated heterocycles. The minimum absolute atomic E-state index is 0.0511. The Labute approximate surface area is 201 Å². The van der Waals surface area contributed by atoms with Crippen molar-refractivity contribution in [3.8, 4) is 11.1 Å². The average Bonchev–Trinajstić information content (AvgIpc) is 2.81. The van der Waals surface area contributed by atoms with Crippen LogP contribution in [-0.2, 0) is 23.1 Å². The number of cyclic esters (lactones) is 1. The van der Waals surface area contributed by atoms with Crippen LogP contribution in [-0.4, -0.2) is 37.4 Å². The van der Waals surface area contributed by atoms with Crippen molar-refractivity contribution in [3.05, 3.63) is 68.3 Å². The molecule has 4 rings (SSSR count). The van der Waals surface area contributed by atoms with Gasteiger partial charge >= 0.3 is 11.7 Å². The lowest BCUT2D eigenvalue weighted by atomic mass is 9.91. The van der Waals surface area contributed by atoms with Crippen LogP contribution in [0.2, 0.25) is 0 Å². The molecular weight excluding hydrogens is 453 g/mol. The number of aromatic nitrogens is 3. The van der Waals surface area contributed by atoms with Gasteiger partial charge in [-0.1, -0.05) is 32.1 Å². The number of nitrogens with zero attached hydrogens (tertiary/aromatic N) is 3. The molecule has 0 spiro atoms. The molecule has 9 heteroatoms. The molecule has 1 aliphatic heterocycles. The minimum Gasteiger partial charge on any atom is -0.458 e. The number of aliphatic hydroxyl groups is 1. The Hall–Kier alpha value is -3.59. The SMILES string of the molecule is CCn1c(=O)n(C)c(=O)c2c(-c3ccc(F)cc3)c(C=CC3CC(O)CC(=O)O3)c(C(C)C)nc21. The normalized spacial score (nSPS) is 18.5. The molecular formula is C26H28FN3O5. The highest BCUT2D eigenvalue weighted by molar-refractivity contribution is 5.97. The second kappa shape index (κ2) is 9.58. The Morgan fingerprint density at radius 3 is 2.51 bits per heavy atom. The molecule has 0 bridgehead atoms. The number of pyridine rings is 1.